The molecule has 0 amide bonds. The Bertz CT molecular complexity index is 477. The molecule has 1 aromatic rings. The van der Waals surface area contributed by atoms with E-state index in [0.717, 1.165) is 23.9 Å². The maximum atomic E-state index is 10.6. The highest BCUT2D eigenvalue weighted by Gasteiger charge is 2.29. The van der Waals surface area contributed by atoms with Gasteiger partial charge in [-0.3, -0.25) is 9.69 Å². The first-order chi connectivity index (χ1) is 9.72. The number of anilines is 1. The fourth-order valence-corrected chi connectivity index (χ4v) is 4.07. The second-order valence-corrected chi connectivity index (χ2v) is 6.48. The lowest BCUT2D eigenvalue weighted by molar-refractivity contribution is -0.136. The van der Waals surface area contributed by atoms with Gasteiger partial charge < -0.3 is 10.0 Å². The number of rotatable bonds is 4. The van der Waals surface area contributed by atoms with Crippen LogP contribution in [0.5, 0.6) is 0 Å². The quantitative estimate of drug-likeness (QED) is 0.918. The van der Waals surface area contributed by atoms with Gasteiger partial charge in [0.25, 0.3) is 0 Å². The molecule has 110 valence electrons. The molecule has 0 aromatic carbocycles. The zero-order chi connectivity index (χ0) is 13.9. The molecular formula is C14H21N3O2S. The van der Waals surface area contributed by atoms with Gasteiger partial charge >= 0.3 is 5.97 Å². The third-order valence-corrected chi connectivity index (χ3v) is 5.16. The van der Waals surface area contributed by atoms with Crippen molar-refractivity contribution in [1.29, 1.82) is 0 Å². The lowest BCUT2D eigenvalue weighted by Crippen LogP contribution is -2.36. The van der Waals surface area contributed by atoms with Gasteiger partial charge in [0.2, 0.25) is 0 Å². The molecule has 1 N–H and O–H groups in total. The normalized spacial score (nSPS) is 23.6. The van der Waals surface area contributed by atoms with E-state index in [2.05, 4.69) is 14.8 Å². The molecule has 6 heteroatoms. The Morgan fingerprint density at radius 1 is 1.40 bits per heavy atom. The van der Waals surface area contributed by atoms with E-state index < -0.39 is 5.97 Å². The molecule has 0 radical (unpaired) electrons. The van der Waals surface area contributed by atoms with Crippen LogP contribution in [0.2, 0.25) is 0 Å². The summed E-state index contributed by atoms with van der Waals surface area (Å²) in [5.41, 5.74) is 0.917. The van der Waals surface area contributed by atoms with Crippen LogP contribution < -0.4 is 4.90 Å². The van der Waals surface area contributed by atoms with Crippen LogP contribution in [0.1, 0.15) is 31.4 Å². The van der Waals surface area contributed by atoms with Gasteiger partial charge in [-0.2, -0.15) is 0 Å². The van der Waals surface area contributed by atoms with Crippen molar-refractivity contribution in [3.8, 4) is 0 Å². The SMILES string of the molecule is O=C(O)CCc1csc(N2CCCN3CCCC3C2)n1. The number of fused-ring (bicyclic) bond motifs is 1. The van der Waals surface area contributed by atoms with Crippen molar-refractivity contribution in [2.24, 2.45) is 0 Å². The van der Waals surface area contributed by atoms with Crippen LogP contribution in [0.3, 0.4) is 0 Å². The summed E-state index contributed by atoms with van der Waals surface area (Å²) >= 11 is 1.65. The Morgan fingerprint density at radius 2 is 2.25 bits per heavy atom. The Morgan fingerprint density at radius 3 is 3.10 bits per heavy atom. The Labute approximate surface area is 123 Å². The van der Waals surface area contributed by atoms with E-state index in [1.54, 1.807) is 11.3 Å². The highest BCUT2D eigenvalue weighted by molar-refractivity contribution is 7.13. The minimum atomic E-state index is -0.754. The third kappa shape index (κ3) is 3.12. The van der Waals surface area contributed by atoms with Crippen molar-refractivity contribution in [1.82, 2.24) is 9.88 Å². The number of thiazole rings is 1. The number of hydrogen-bond donors (Lipinski definition) is 1. The molecule has 1 aromatic heterocycles. The Kier molecular flexibility index (Phi) is 4.21. The topological polar surface area (TPSA) is 56.7 Å². The van der Waals surface area contributed by atoms with Crippen LogP contribution in [0.15, 0.2) is 5.38 Å². The van der Waals surface area contributed by atoms with E-state index in [1.807, 2.05) is 5.38 Å². The summed E-state index contributed by atoms with van der Waals surface area (Å²) in [6.07, 6.45) is 4.52. The maximum Gasteiger partial charge on any atom is 0.303 e. The molecular weight excluding hydrogens is 274 g/mol. The Balaban J connectivity index is 1.64. The second-order valence-electron chi connectivity index (χ2n) is 5.65. The number of hydrogen-bond acceptors (Lipinski definition) is 5. The van der Waals surface area contributed by atoms with Gasteiger partial charge in [0.1, 0.15) is 0 Å². The molecule has 2 aliphatic rings. The van der Waals surface area contributed by atoms with Crippen LogP contribution in [-0.2, 0) is 11.2 Å². The van der Waals surface area contributed by atoms with E-state index in [1.165, 1.54) is 32.4 Å². The molecule has 2 fully saturated rings. The molecule has 1 atom stereocenters. The van der Waals surface area contributed by atoms with E-state index in [-0.39, 0.29) is 6.42 Å². The van der Waals surface area contributed by atoms with Gasteiger partial charge in [-0.15, -0.1) is 11.3 Å². The minimum absolute atomic E-state index is 0.166. The molecule has 2 saturated heterocycles. The average molecular weight is 295 g/mol. The van der Waals surface area contributed by atoms with Gasteiger partial charge in [0, 0.05) is 37.5 Å². The number of carboxylic acid groups (broad SMARTS) is 1. The summed E-state index contributed by atoms with van der Waals surface area (Å²) in [7, 11) is 0. The molecule has 1 unspecified atom stereocenters. The van der Waals surface area contributed by atoms with E-state index in [4.69, 9.17) is 5.11 Å². The molecule has 0 saturated carbocycles. The van der Waals surface area contributed by atoms with Gasteiger partial charge in [-0.1, -0.05) is 0 Å². The molecule has 2 aliphatic heterocycles. The molecule has 5 nitrogen and oxygen atoms in total. The Hall–Kier alpha value is -1.14. The molecule has 3 rings (SSSR count). The third-order valence-electron chi connectivity index (χ3n) is 4.21. The van der Waals surface area contributed by atoms with Crippen LogP contribution in [0.25, 0.3) is 0 Å². The minimum Gasteiger partial charge on any atom is -0.481 e. The summed E-state index contributed by atoms with van der Waals surface area (Å²) < 4.78 is 0. The van der Waals surface area contributed by atoms with Crippen molar-refractivity contribution in [3.63, 3.8) is 0 Å². The van der Waals surface area contributed by atoms with Crippen molar-refractivity contribution < 1.29 is 9.90 Å². The first-order valence-electron chi connectivity index (χ1n) is 7.37. The lowest BCUT2D eigenvalue weighted by atomic mass is 10.2. The van der Waals surface area contributed by atoms with Crippen molar-refractivity contribution in [3.05, 3.63) is 11.1 Å². The van der Waals surface area contributed by atoms with E-state index in [0.29, 0.717) is 12.5 Å². The van der Waals surface area contributed by atoms with Crippen molar-refractivity contribution >= 4 is 22.4 Å². The van der Waals surface area contributed by atoms with Gasteiger partial charge in [-0.25, -0.2) is 4.98 Å². The molecule has 20 heavy (non-hydrogen) atoms. The summed E-state index contributed by atoms with van der Waals surface area (Å²) in [6, 6.07) is 0.684. The fourth-order valence-electron chi connectivity index (χ4n) is 3.17. The van der Waals surface area contributed by atoms with E-state index in [9.17, 15) is 4.79 Å². The lowest BCUT2D eigenvalue weighted by Gasteiger charge is -2.25. The number of aryl methyl sites for hydroxylation is 1. The number of carbonyl (C=O) groups is 1. The van der Waals surface area contributed by atoms with Gasteiger partial charge in [-0.05, 0) is 25.8 Å². The van der Waals surface area contributed by atoms with Crippen LogP contribution in [0.4, 0.5) is 5.13 Å². The number of aromatic nitrogens is 1. The molecule has 0 spiro atoms. The summed E-state index contributed by atoms with van der Waals surface area (Å²) in [6.45, 7) is 4.60. The zero-order valence-corrected chi connectivity index (χ0v) is 12.4. The smallest absolute Gasteiger partial charge is 0.303 e. The maximum absolute atomic E-state index is 10.6. The van der Waals surface area contributed by atoms with Crippen LogP contribution in [0, 0.1) is 0 Å². The van der Waals surface area contributed by atoms with E-state index >= 15 is 0 Å². The zero-order valence-electron chi connectivity index (χ0n) is 11.6. The van der Waals surface area contributed by atoms with Crippen LogP contribution >= 0.6 is 11.3 Å². The fraction of sp³-hybridized carbons (Fsp3) is 0.714. The highest BCUT2D eigenvalue weighted by Crippen LogP contribution is 2.27. The number of nitrogens with zero attached hydrogens (tertiary/aromatic N) is 3. The molecule has 0 bridgehead atoms. The summed E-state index contributed by atoms with van der Waals surface area (Å²) in [5.74, 6) is -0.754. The van der Waals surface area contributed by atoms with Gasteiger partial charge in [0.05, 0.1) is 12.1 Å². The monoisotopic (exact) mass is 295 g/mol. The van der Waals surface area contributed by atoms with Crippen molar-refractivity contribution in [2.45, 2.75) is 38.1 Å². The second kappa shape index (κ2) is 6.10. The number of carboxylic acids is 1. The first kappa shape index (κ1) is 13.8. The standard InChI is InChI=1S/C14H21N3O2S/c18-13(19)5-4-11-10-20-14(15-11)17-8-2-7-16-6-1-3-12(16)9-17/h10,12H,1-9H2,(H,18,19). The molecule has 3 heterocycles. The van der Waals surface area contributed by atoms with Gasteiger partial charge in [0.15, 0.2) is 5.13 Å². The predicted octanol–water partition coefficient (Wildman–Crippen LogP) is 1.83. The van der Waals surface area contributed by atoms with Crippen LogP contribution in [-0.4, -0.2) is 53.2 Å². The molecule has 0 aliphatic carbocycles. The van der Waals surface area contributed by atoms with Crippen molar-refractivity contribution in [2.75, 3.05) is 31.1 Å². The largest absolute Gasteiger partial charge is 0.481 e. The summed E-state index contributed by atoms with van der Waals surface area (Å²) in [5, 5.41) is 11.8. The average Bonchev–Trinajstić information content (AvgIpc) is 3.02. The predicted molar refractivity (Wildman–Crippen MR) is 79.5 cm³/mol. The first-order valence-corrected chi connectivity index (χ1v) is 8.25. The number of aliphatic carboxylic acids is 1. The summed E-state index contributed by atoms with van der Waals surface area (Å²) in [4.78, 5) is 20.2. The highest BCUT2D eigenvalue weighted by atomic mass is 32.1.